The van der Waals surface area contributed by atoms with Crippen LogP contribution in [-0.2, 0) is 4.79 Å². The number of aliphatic hydroxyl groups excluding tert-OH is 1. The molecular formula is C8H16O3. The molecule has 0 fully saturated rings. The molecule has 0 amide bonds. The van der Waals surface area contributed by atoms with Crippen LogP contribution in [-0.4, -0.2) is 22.3 Å². The Hall–Kier alpha value is -0.570. The van der Waals surface area contributed by atoms with E-state index < -0.39 is 18.4 Å². The maximum Gasteiger partial charge on any atom is 0.305 e. The average Bonchev–Trinajstić information content (AvgIpc) is 2.04. The number of unbranched alkanes of at least 4 members (excludes halogenated alkanes) is 2. The summed E-state index contributed by atoms with van der Waals surface area (Å²) < 4.78 is 14.1. The van der Waals surface area contributed by atoms with E-state index in [0.29, 0.717) is 6.42 Å². The van der Waals surface area contributed by atoms with Crippen molar-refractivity contribution in [3.63, 3.8) is 0 Å². The highest BCUT2D eigenvalue weighted by molar-refractivity contribution is 5.67. The Kier molecular flexibility index (Phi) is 3.98. The molecule has 0 aromatic carbocycles. The number of aliphatic carboxylic acids is 1. The van der Waals surface area contributed by atoms with E-state index >= 15 is 0 Å². The van der Waals surface area contributed by atoms with Crippen LogP contribution >= 0.6 is 0 Å². The monoisotopic (exact) mass is 162 g/mol. The Morgan fingerprint density at radius 3 is 2.73 bits per heavy atom. The van der Waals surface area contributed by atoms with Gasteiger partial charge in [-0.1, -0.05) is 26.2 Å². The number of rotatable bonds is 6. The molecule has 0 spiro atoms. The molecule has 1 unspecified atom stereocenters. The first kappa shape index (κ1) is 7.10. The van der Waals surface area contributed by atoms with Gasteiger partial charge in [0, 0.05) is 2.74 Å². The molecule has 0 aliphatic heterocycles. The van der Waals surface area contributed by atoms with Crippen LogP contribution in [0.25, 0.3) is 0 Å². The fourth-order valence-electron chi connectivity index (χ4n) is 0.802. The molecule has 0 aliphatic rings. The minimum absolute atomic E-state index is 0.202. The van der Waals surface area contributed by atoms with Crippen molar-refractivity contribution in [2.75, 3.05) is 0 Å². The molecule has 0 aliphatic carbocycles. The standard InChI is InChI=1S/C8H16O3/c1-2-3-4-5-7(9)6-8(10)11/h7,9H,2-6H2,1H3,(H,10,11)/i6D2. The second kappa shape index (κ2) is 6.16. The van der Waals surface area contributed by atoms with Crippen LogP contribution < -0.4 is 0 Å². The molecule has 0 aromatic rings. The zero-order valence-corrected chi connectivity index (χ0v) is 6.71. The second-order valence-electron chi connectivity index (χ2n) is 2.46. The van der Waals surface area contributed by atoms with Crippen LogP contribution in [0.5, 0.6) is 0 Å². The average molecular weight is 162 g/mol. The smallest absolute Gasteiger partial charge is 0.305 e. The molecule has 0 bridgehead atoms. The Morgan fingerprint density at radius 2 is 2.27 bits per heavy atom. The molecule has 66 valence electrons. The molecule has 2 N–H and O–H groups in total. The van der Waals surface area contributed by atoms with Crippen LogP contribution in [0.4, 0.5) is 0 Å². The Balaban J connectivity index is 3.94. The van der Waals surface area contributed by atoms with Gasteiger partial charge in [-0.3, -0.25) is 4.79 Å². The SMILES string of the molecule is [2H]C([2H])(C(=O)O)C(O)CCCCC. The molecule has 0 rings (SSSR count). The van der Waals surface area contributed by atoms with Crippen molar-refractivity contribution in [2.45, 2.75) is 45.1 Å². The van der Waals surface area contributed by atoms with E-state index in [1.165, 1.54) is 0 Å². The van der Waals surface area contributed by atoms with Crippen molar-refractivity contribution < 1.29 is 17.7 Å². The van der Waals surface area contributed by atoms with Gasteiger partial charge in [-0.15, -0.1) is 0 Å². The molecule has 11 heavy (non-hydrogen) atoms. The molecule has 0 aromatic heterocycles. The van der Waals surface area contributed by atoms with E-state index in [9.17, 15) is 9.90 Å². The lowest BCUT2D eigenvalue weighted by Crippen LogP contribution is -2.12. The molecule has 3 nitrogen and oxygen atoms in total. The summed E-state index contributed by atoms with van der Waals surface area (Å²) in [7, 11) is 0. The van der Waals surface area contributed by atoms with Crippen molar-refractivity contribution in [3.8, 4) is 0 Å². The fraction of sp³-hybridized carbons (Fsp3) is 0.875. The van der Waals surface area contributed by atoms with Gasteiger partial charge in [0.05, 0.1) is 12.5 Å². The van der Waals surface area contributed by atoms with E-state index in [4.69, 9.17) is 7.85 Å². The van der Waals surface area contributed by atoms with E-state index in [-0.39, 0.29) is 6.42 Å². The minimum atomic E-state index is -2.52. The van der Waals surface area contributed by atoms with Crippen molar-refractivity contribution in [3.05, 3.63) is 0 Å². The summed E-state index contributed by atoms with van der Waals surface area (Å²) in [6.45, 7) is 1.98. The highest BCUT2D eigenvalue weighted by atomic mass is 16.4. The van der Waals surface area contributed by atoms with Gasteiger partial charge in [0.1, 0.15) is 0 Å². The van der Waals surface area contributed by atoms with Crippen molar-refractivity contribution >= 4 is 5.97 Å². The normalized spacial score (nSPS) is 16.9. The number of hydrogen-bond acceptors (Lipinski definition) is 2. The number of hydrogen-bond donors (Lipinski definition) is 2. The second-order valence-corrected chi connectivity index (χ2v) is 2.46. The predicted molar refractivity (Wildman–Crippen MR) is 42.4 cm³/mol. The van der Waals surface area contributed by atoms with Gasteiger partial charge in [-0.25, -0.2) is 0 Å². The summed E-state index contributed by atoms with van der Waals surface area (Å²) >= 11 is 0. The van der Waals surface area contributed by atoms with Gasteiger partial charge in [-0.05, 0) is 6.42 Å². The van der Waals surface area contributed by atoms with Gasteiger partial charge in [-0.2, -0.15) is 0 Å². The maximum atomic E-state index is 10.4. The molecule has 3 heteroatoms. The van der Waals surface area contributed by atoms with Gasteiger partial charge in [0.2, 0.25) is 0 Å². The molecule has 0 saturated carbocycles. The Morgan fingerprint density at radius 1 is 1.64 bits per heavy atom. The summed E-state index contributed by atoms with van der Waals surface area (Å²) in [4.78, 5) is 10.4. The van der Waals surface area contributed by atoms with E-state index in [0.717, 1.165) is 12.8 Å². The van der Waals surface area contributed by atoms with Gasteiger partial charge in [0.25, 0.3) is 0 Å². The van der Waals surface area contributed by atoms with Crippen molar-refractivity contribution in [1.29, 1.82) is 0 Å². The van der Waals surface area contributed by atoms with Crippen LogP contribution in [0.2, 0.25) is 0 Å². The Bertz CT molecular complexity index is 171. The first-order valence-electron chi connectivity index (χ1n) is 4.84. The van der Waals surface area contributed by atoms with E-state index in [1.54, 1.807) is 0 Å². The lowest BCUT2D eigenvalue weighted by Gasteiger charge is -2.05. The van der Waals surface area contributed by atoms with Crippen molar-refractivity contribution in [2.24, 2.45) is 0 Å². The molecule has 1 atom stereocenters. The third-order valence-electron chi connectivity index (χ3n) is 1.37. The van der Waals surface area contributed by atoms with Crippen LogP contribution in [0.1, 0.15) is 41.7 Å². The molecular weight excluding hydrogens is 144 g/mol. The van der Waals surface area contributed by atoms with E-state index in [2.05, 4.69) is 0 Å². The summed E-state index contributed by atoms with van der Waals surface area (Å²) in [6, 6.07) is 0. The first-order valence-corrected chi connectivity index (χ1v) is 3.84. The number of carbonyl (C=O) groups is 1. The summed E-state index contributed by atoms with van der Waals surface area (Å²) in [6.07, 6.45) is -1.22. The van der Waals surface area contributed by atoms with E-state index in [1.807, 2.05) is 6.92 Å². The number of aliphatic hydroxyl groups is 1. The summed E-state index contributed by atoms with van der Waals surface area (Å²) in [5, 5.41) is 17.7. The predicted octanol–water partition coefficient (Wildman–Crippen LogP) is 1.40. The third kappa shape index (κ3) is 7.33. The quantitative estimate of drug-likeness (QED) is 0.580. The highest BCUT2D eigenvalue weighted by Crippen LogP contribution is 2.05. The highest BCUT2D eigenvalue weighted by Gasteiger charge is 2.07. The number of carboxylic acids is 1. The topological polar surface area (TPSA) is 57.5 Å². The van der Waals surface area contributed by atoms with Gasteiger partial charge < -0.3 is 10.2 Å². The van der Waals surface area contributed by atoms with Crippen LogP contribution in [0.3, 0.4) is 0 Å². The van der Waals surface area contributed by atoms with Gasteiger partial charge >= 0.3 is 5.97 Å². The lowest BCUT2D eigenvalue weighted by atomic mass is 10.1. The third-order valence-corrected chi connectivity index (χ3v) is 1.37. The number of carboxylic acid groups (broad SMARTS) is 1. The van der Waals surface area contributed by atoms with Gasteiger partial charge in [0.15, 0.2) is 0 Å². The maximum absolute atomic E-state index is 10.4. The van der Waals surface area contributed by atoms with Crippen LogP contribution in [0.15, 0.2) is 0 Å². The molecule has 0 saturated heterocycles. The molecule has 0 heterocycles. The summed E-state index contributed by atoms with van der Waals surface area (Å²) in [5.41, 5.74) is 0. The lowest BCUT2D eigenvalue weighted by molar-refractivity contribution is -0.139. The largest absolute Gasteiger partial charge is 0.481 e. The van der Waals surface area contributed by atoms with Crippen LogP contribution in [0, 0.1) is 0 Å². The first-order chi connectivity index (χ1) is 5.92. The van der Waals surface area contributed by atoms with Crippen molar-refractivity contribution in [1.82, 2.24) is 0 Å². The Labute approximate surface area is 69.9 Å². The minimum Gasteiger partial charge on any atom is -0.481 e. The zero-order valence-electron chi connectivity index (χ0n) is 8.71. The molecule has 0 radical (unpaired) electrons. The fourth-order valence-corrected chi connectivity index (χ4v) is 0.802. The summed E-state index contributed by atoms with van der Waals surface area (Å²) in [5.74, 6) is -1.60. The zero-order chi connectivity index (χ0) is 10.5.